The summed E-state index contributed by atoms with van der Waals surface area (Å²) in [6.07, 6.45) is 3.55. The molecule has 0 fully saturated rings. The van der Waals surface area contributed by atoms with Gasteiger partial charge in [0.15, 0.2) is 5.58 Å². The molecule has 5 rings (SSSR count). The second-order valence-corrected chi connectivity index (χ2v) is 7.45. The second kappa shape index (κ2) is 8.08. The van der Waals surface area contributed by atoms with Crippen molar-refractivity contribution in [1.82, 2.24) is 20.1 Å². The average Bonchev–Trinajstić information content (AvgIpc) is 3.46. The van der Waals surface area contributed by atoms with Gasteiger partial charge in [-0.25, -0.2) is 9.67 Å². The van der Waals surface area contributed by atoms with E-state index in [1.54, 1.807) is 35.1 Å². The third-order valence-electron chi connectivity index (χ3n) is 4.88. The Kier molecular flexibility index (Phi) is 4.98. The van der Waals surface area contributed by atoms with Gasteiger partial charge in [0, 0.05) is 23.3 Å². The molecular weight excluding hydrogens is 412 g/mol. The maximum absolute atomic E-state index is 12.4. The number of halogens is 1. The lowest BCUT2D eigenvalue weighted by atomic mass is 10.1. The highest BCUT2D eigenvalue weighted by atomic mass is 35.5. The van der Waals surface area contributed by atoms with Gasteiger partial charge in [-0.2, -0.15) is 5.10 Å². The van der Waals surface area contributed by atoms with Crippen molar-refractivity contribution in [2.24, 2.45) is 0 Å². The third kappa shape index (κ3) is 4.06. The van der Waals surface area contributed by atoms with E-state index < -0.39 is 0 Å². The Morgan fingerprint density at radius 3 is 2.55 bits per heavy atom. The summed E-state index contributed by atoms with van der Waals surface area (Å²) in [6.45, 7) is 0.435. The minimum Gasteiger partial charge on any atom is -0.436 e. The molecule has 2 heterocycles. The van der Waals surface area contributed by atoms with Gasteiger partial charge in [0.1, 0.15) is 5.52 Å². The molecule has 0 aliphatic rings. The van der Waals surface area contributed by atoms with Gasteiger partial charge in [-0.1, -0.05) is 35.9 Å². The fourth-order valence-corrected chi connectivity index (χ4v) is 3.35. The Labute approximate surface area is 183 Å². The van der Waals surface area contributed by atoms with E-state index in [2.05, 4.69) is 15.4 Å². The molecule has 0 aliphatic heterocycles. The molecule has 0 aliphatic carbocycles. The molecule has 0 saturated carbocycles. The normalized spacial score (nSPS) is 11.0. The van der Waals surface area contributed by atoms with Gasteiger partial charge in [0.25, 0.3) is 5.91 Å². The first-order valence-corrected chi connectivity index (χ1v) is 10.1. The fraction of sp³-hybridized carbons (Fsp3) is 0.0417. The van der Waals surface area contributed by atoms with Crippen LogP contribution in [0.15, 0.2) is 89.6 Å². The molecule has 0 atom stereocenters. The first-order valence-electron chi connectivity index (χ1n) is 9.69. The van der Waals surface area contributed by atoms with Crippen LogP contribution in [0.3, 0.4) is 0 Å². The van der Waals surface area contributed by atoms with Gasteiger partial charge in [-0.05, 0) is 54.1 Å². The highest BCUT2D eigenvalue weighted by Gasteiger charge is 2.11. The number of rotatable bonds is 5. The lowest BCUT2D eigenvalue weighted by Gasteiger charge is -2.07. The predicted octanol–water partition coefficient (Wildman–Crippen LogP) is 5.26. The number of nitrogens with one attached hydrogen (secondary N) is 1. The smallest absolute Gasteiger partial charge is 0.251 e. The third-order valence-corrected chi connectivity index (χ3v) is 5.14. The van der Waals surface area contributed by atoms with E-state index in [-0.39, 0.29) is 5.91 Å². The van der Waals surface area contributed by atoms with Gasteiger partial charge in [0.05, 0.1) is 17.4 Å². The molecule has 2 aromatic heterocycles. The molecule has 5 aromatic rings. The summed E-state index contributed by atoms with van der Waals surface area (Å²) in [6, 6.07) is 22.2. The number of hydrogen-bond acceptors (Lipinski definition) is 4. The minimum absolute atomic E-state index is 0.144. The summed E-state index contributed by atoms with van der Waals surface area (Å²) in [5.74, 6) is 0.375. The van der Waals surface area contributed by atoms with E-state index in [0.717, 1.165) is 27.9 Å². The largest absolute Gasteiger partial charge is 0.436 e. The van der Waals surface area contributed by atoms with Crippen LogP contribution in [0.2, 0.25) is 5.02 Å². The molecule has 1 N–H and O–H groups in total. The van der Waals surface area contributed by atoms with Crippen LogP contribution in [-0.4, -0.2) is 20.7 Å². The first kappa shape index (κ1) is 19.1. The van der Waals surface area contributed by atoms with E-state index in [4.69, 9.17) is 16.0 Å². The molecule has 152 valence electrons. The van der Waals surface area contributed by atoms with Crippen LogP contribution in [0.4, 0.5) is 0 Å². The lowest BCUT2D eigenvalue weighted by Crippen LogP contribution is -2.22. The average molecular weight is 429 g/mol. The number of para-hydroxylation sites is 2. The Morgan fingerprint density at radius 2 is 1.77 bits per heavy atom. The zero-order valence-electron chi connectivity index (χ0n) is 16.3. The number of benzene rings is 3. The van der Waals surface area contributed by atoms with Crippen LogP contribution in [0.5, 0.6) is 0 Å². The van der Waals surface area contributed by atoms with E-state index >= 15 is 0 Å². The maximum Gasteiger partial charge on any atom is 0.251 e. The van der Waals surface area contributed by atoms with Crippen molar-refractivity contribution in [2.75, 3.05) is 0 Å². The number of carbonyl (C=O) groups excluding carboxylic acids is 1. The molecule has 7 heteroatoms. The Balaban J connectivity index is 1.28. The molecule has 6 nitrogen and oxygen atoms in total. The maximum atomic E-state index is 12.4. The van der Waals surface area contributed by atoms with Crippen molar-refractivity contribution >= 4 is 28.6 Å². The highest BCUT2D eigenvalue weighted by Crippen LogP contribution is 2.24. The molecule has 0 radical (unpaired) electrons. The van der Waals surface area contributed by atoms with Crippen molar-refractivity contribution in [3.8, 4) is 17.1 Å². The van der Waals surface area contributed by atoms with Gasteiger partial charge in [-0.3, -0.25) is 4.79 Å². The van der Waals surface area contributed by atoms with Gasteiger partial charge in [0.2, 0.25) is 5.89 Å². The molecule has 31 heavy (non-hydrogen) atoms. The van der Waals surface area contributed by atoms with Crippen molar-refractivity contribution in [1.29, 1.82) is 0 Å². The Hall–Kier alpha value is -3.90. The first-order chi connectivity index (χ1) is 15.2. The van der Waals surface area contributed by atoms with Crippen LogP contribution in [0.25, 0.3) is 28.2 Å². The zero-order valence-corrected chi connectivity index (χ0v) is 17.1. The van der Waals surface area contributed by atoms with Crippen LogP contribution in [0.1, 0.15) is 15.9 Å². The number of hydrogen-bond donors (Lipinski definition) is 1. The van der Waals surface area contributed by atoms with Crippen molar-refractivity contribution in [3.05, 3.63) is 101 Å². The van der Waals surface area contributed by atoms with E-state index in [0.29, 0.717) is 23.0 Å². The number of carbonyl (C=O) groups is 1. The van der Waals surface area contributed by atoms with Crippen molar-refractivity contribution in [3.63, 3.8) is 0 Å². The summed E-state index contributed by atoms with van der Waals surface area (Å²) < 4.78 is 7.52. The van der Waals surface area contributed by atoms with Crippen LogP contribution < -0.4 is 5.32 Å². The molecule has 0 saturated heterocycles. The van der Waals surface area contributed by atoms with Gasteiger partial charge >= 0.3 is 0 Å². The molecule has 3 aromatic carbocycles. The summed E-state index contributed by atoms with van der Waals surface area (Å²) >= 11 is 5.89. The summed E-state index contributed by atoms with van der Waals surface area (Å²) in [4.78, 5) is 16.9. The molecule has 0 unspecified atom stereocenters. The van der Waals surface area contributed by atoms with Crippen molar-refractivity contribution < 1.29 is 9.21 Å². The van der Waals surface area contributed by atoms with Crippen molar-refractivity contribution in [2.45, 2.75) is 6.54 Å². The summed E-state index contributed by atoms with van der Waals surface area (Å²) in [5, 5.41) is 7.97. The number of aromatic nitrogens is 3. The molecule has 1 amide bonds. The Bertz CT molecular complexity index is 1320. The number of amides is 1. The molecule has 0 bridgehead atoms. The van der Waals surface area contributed by atoms with Crippen LogP contribution in [-0.2, 0) is 6.54 Å². The highest BCUT2D eigenvalue weighted by molar-refractivity contribution is 6.30. The predicted molar refractivity (Wildman–Crippen MR) is 119 cm³/mol. The molecule has 0 spiro atoms. The minimum atomic E-state index is -0.144. The number of oxazole rings is 1. The SMILES string of the molecule is O=C(NCc1ccc(Cl)cc1)c1ccc(-n2cc(-c3nc4ccccc4o3)cn2)cc1. The quantitative estimate of drug-likeness (QED) is 0.414. The van der Waals surface area contributed by atoms with E-state index in [1.807, 2.05) is 54.7 Å². The van der Waals surface area contributed by atoms with Gasteiger partial charge < -0.3 is 9.73 Å². The van der Waals surface area contributed by atoms with E-state index in [9.17, 15) is 4.79 Å². The molecular formula is C24H17ClN4O2. The summed E-state index contributed by atoms with van der Waals surface area (Å²) in [5.41, 5.74) is 4.71. The van der Waals surface area contributed by atoms with Crippen LogP contribution >= 0.6 is 11.6 Å². The van der Waals surface area contributed by atoms with Gasteiger partial charge in [-0.15, -0.1) is 0 Å². The monoisotopic (exact) mass is 428 g/mol. The topological polar surface area (TPSA) is 73.0 Å². The van der Waals surface area contributed by atoms with E-state index in [1.165, 1.54) is 0 Å². The zero-order chi connectivity index (χ0) is 21.2. The van der Waals surface area contributed by atoms with Crippen LogP contribution in [0, 0.1) is 0 Å². The number of fused-ring (bicyclic) bond motifs is 1. The summed E-state index contributed by atoms with van der Waals surface area (Å²) in [7, 11) is 0. The lowest BCUT2D eigenvalue weighted by molar-refractivity contribution is 0.0951. The second-order valence-electron chi connectivity index (χ2n) is 7.02. The standard InChI is InChI=1S/C24H17ClN4O2/c25-19-9-5-16(6-10-19)13-26-23(30)17-7-11-20(12-8-17)29-15-18(14-27-29)24-28-21-3-1-2-4-22(21)31-24/h1-12,14-15H,13H2,(H,26,30). The number of nitrogens with zero attached hydrogens (tertiary/aromatic N) is 3. The fourth-order valence-electron chi connectivity index (χ4n) is 3.22. The Morgan fingerprint density at radius 1 is 1.00 bits per heavy atom.